The molecule has 1 heterocycles. The van der Waals surface area contributed by atoms with Crippen molar-refractivity contribution in [3.63, 3.8) is 0 Å². The summed E-state index contributed by atoms with van der Waals surface area (Å²) in [5.74, 6) is 0.586. The van der Waals surface area contributed by atoms with E-state index in [-0.39, 0.29) is 0 Å². The Kier molecular flexibility index (Phi) is 2.26. The van der Waals surface area contributed by atoms with Crippen molar-refractivity contribution in [1.82, 2.24) is 4.98 Å². The third-order valence-corrected chi connectivity index (χ3v) is 1.09. The topological polar surface area (TPSA) is 22.1 Å². The van der Waals surface area contributed by atoms with Crippen LogP contribution in [0.3, 0.4) is 0 Å². The lowest BCUT2D eigenvalue weighted by Gasteiger charge is -1.99. The van der Waals surface area contributed by atoms with Crippen molar-refractivity contribution in [3.8, 4) is 5.88 Å². The Balaban J connectivity index is 2.75. The molecule has 0 N–H and O–H groups in total. The van der Waals surface area contributed by atoms with Gasteiger partial charge in [-0.2, -0.15) is 0 Å². The lowest BCUT2D eigenvalue weighted by Crippen LogP contribution is -1.94. The summed E-state index contributed by atoms with van der Waals surface area (Å²) in [7, 11) is 0. The van der Waals surface area contributed by atoms with Crippen LogP contribution in [0.4, 0.5) is 0 Å². The van der Waals surface area contributed by atoms with Gasteiger partial charge in [-0.25, -0.2) is 4.98 Å². The molecular formula is C8H10NO. The molecule has 0 fully saturated rings. The third kappa shape index (κ3) is 1.72. The Morgan fingerprint density at radius 3 is 3.10 bits per heavy atom. The fraction of sp³-hybridized carbons (Fsp3) is 0.375. The van der Waals surface area contributed by atoms with Crippen LogP contribution in [-0.4, -0.2) is 11.6 Å². The van der Waals surface area contributed by atoms with Crippen LogP contribution in [0, 0.1) is 13.0 Å². The van der Waals surface area contributed by atoms with Gasteiger partial charge in [0, 0.05) is 11.8 Å². The molecule has 0 unspecified atom stereocenters. The van der Waals surface area contributed by atoms with Gasteiger partial charge in [-0.15, -0.1) is 0 Å². The highest BCUT2D eigenvalue weighted by atomic mass is 16.5. The van der Waals surface area contributed by atoms with E-state index in [1.165, 1.54) is 0 Å². The largest absolute Gasteiger partial charge is 0.478 e. The van der Waals surface area contributed by atoms with E-state index in [1.807, 2.05) is 26.0 Å². The Bertz CT molecular complexity index is 210. The second-order valence-electron chi connectivity index (χ2n) is 1.97. The molecule has 1 rings (SSSR count). The van der Waals surface area contributed by atoms with E-state index in [9.17, 15) is 0 Å². The number of aromatic nitrogens is 1. The van der Waals surface area contributed by atoms with Crippen molar-refractivity contribution < 1.29 is 4.74 Å². The second kappa shape index (κ2) is 3.20. The first-order valence-corrected chi connectivity index (χ1v) is 3.31. The van der Waals surface area contributed by atoms with Gasteiger partial charge in [0.05, 0.1) is 6.61 Å². The number of hydrogen-bond acceptors (Lipinski definition) is 2. The monoisotopic (exact) mass is 136 g/mol. The summed E-state index contributed by atoms with van der Waals surface area (Å²) in [6.45, 7) is 4.50. The SMILES string of the molecule is CCOc1[c]ccc(C)n1. The molecule has 1 aromatic rings. The number of nitrogens with zero attached hydrogens (tertiary/aromatic N) is 1. The Morgan fingerprint density at radius 2 is 2.50 bits per heavy atom. The molecule has 0 saturated heterocycles. The van der Waals surface area contributed by atoms with Crippen molar-refractivity contribution in [1.29, 1.82) is 0 Å². The average molecular weight is 136 g/mol. The fourth-order valence-electron chi connectivity index (χ4n) is 0.674. The number of pyridine rings is 1. The van der Waals surface area contributed by atoms with E-state index < -0.39 is 0 Å². The maximum absolute atomic E-state index is 5.12. The van der Waals surface area contributed by atoms with Crippen LogP contribution in [-0.2, 0) is 0 Å². The maximum Gasteiger partial charge on any atom is 0.221 e. The molecule has 0 saturated carbocycles. The summed E-state index contributed by atoms with van der Waals surface area (Å²) in [5.41, 5.74) is 0.960. The van der Waals surface area contributed by atoms with E-state index in [1.54, 1.807) is 0 Å². The minimum Gasteiger partial charge on any atom is -0.478 e. The zero-order valence-electron chi connectivity index (χ0n) is 6.22. The molecular weight excluding hydrogens is 126 g/mol. The summed E-state index contributed by atoms with van der Waals surface area (Å²) in [6, 6.07) is 6.58. The van der Waals surface area contributed by atoms with Crippen LogP contribution in [0.5, 0.6) is 5.88 Å². The van der Waals surface area contributed by atoms with Gasteiger partial charge in [-0.1, -0.05) is 0 Å². The van der Waals surface area contributed by atoms with E-state index >= 15 is 0 Å². The maximum atomic E-state index is 5.12. The molecule has 0 aromatic carbocycles. The van der Waals surface area contributed by atoms with Crippen LogP contribution in [0.25, 0.3) is 0 Å². The molecule has 53 valence electrons. The van der Waals surface area contributed by atoms with E-state index in [4.69, 9.17) is 4.74 Å². The van der Waals surface area contributed by atoms with Gasteiger partial charge in [0.2, 0.25) is 5.88 Å². The zero-order chi connectivity index (χ0) is 7.40. The third-order valence-electron chi connectivity index (χ3n) is 1.09. The van der Waals surface area contributed by atoms with E-state index in [2.05, 4.69) is 11.1 Å². The Labute approximate surface area is 60.9 Å². The Morgan fingerprint density at radius 1 is 1.70 bits per heavy atom. The number of hydrogen-bond donors (Lipinski definition) is 0. The van der Waals surface area contributed by atoms with Crippen LogP contribution < -0.4 is 4.74 Å². The first kappa shape index (κ1) is 7.06. The summed E-state index contributed by atoms with van der Waals surface area (Å²) >= 11 is 0. The minimum absolute atomic E-state index is 0.586. The van der Waals surface area contributed by atoms with Crippen molar-refractivity contribution >= 4 is 0 Å². The predicted octanol–water partition coefficient (Wildman–Crippen LogP) is 1.59. The zero-order valence-corrected chi connectivity index (χ0v) is 6.22. The van der Waals surface area contributed by atoms with Crippen molar-refractivity contribution in [3.05, 3.63) is 23.9 Å². The molecule has 0 amide bonds. The van der Waals surface area contributed by atoms with Gasteiger partial charge in [0.25, 0.3) is 0 Å². The molecule has 2 heteroatoms. The molecule has 1 radical (unpaired) electrons. The van der Waals surface area contributed by atoms with Crippen LogP contribution in [0.15, 0.2) is 12.1 Å². The highest BCUT2D eigenvalue weighted by Gasteiger charge is 1.91. The predicted molar refractivity (Wildman–Crippen MR) is 39.0 cm³/mol. The highest BCUT2D eigenvalue weighted by molar-refractivity contribution is 5.12. The van der Waals surface area contributed by atoms with Gasteiger partial charge in [-0.3, -0.25) is 0 Å². The number of ether oxygens (including phenoxy) is 1. The van der Waals surface area contributed by atoms with Crippen molar-refractivity contribution in [2.75, 3.05) is 6.61 Å². The van der Waals surface area contributed by atoms with E-state index in [0.29, 0.717) is 12.5 Å². The molecule has 2 nitrogen and oxygen atoms in total. The molecule has 0 aliphatic rings. The molecule has 0 aliphatic heterocycles. The molecule has 0 atom stereocenters. The summed E-state index contributed by atoms with van der Waals surface area (Å²) < 4.78 is 5.12. The van der Waals surface area contributed by atoms with Gasteiger partial charge in [0.15, 0.2) is 0 Å². The standard InChI is InChI=1S/C8H10NO/c1-3-10-8-6-4-5-7(2)9-8/h4-5H,3H2,1-2H3. The first-order chi connectivity index (χ1) is 4.83. The average Bonchev–Trinajstić information content (AvgIpc) is 1.88. The quantitative estimate of drug-likeness (QED) is 0.616. The van der Waals surface area contributed by atoms with Crippen LogP contribution >= 0.6 is 0 Å². The van der Waals surface area contributed by atoms with E-state index in [0.717, 1.165) is 5.69 Å². The summed E-state index contributed by atoms with van der Waals surface area (Å²) in [6.07, 6.45) is 0. The molecule has 0 aliphatic carbocycles. The summed E-state index contributed by atoms with van der Waals surface area (Å²) in [5, 5.41) is 0. The van der Waals surface area contributed by atoms with Crippen LogP contribution in [0.1, 0.15) is 12.6 Å². The van der Waals surface area contributed by atoms with Crippen LogP contribution in [0.2, 0.25) is 0 Å². The molecule has 0 bridgehead atoms. The van der Waals surface area contributed by atoms with Gasteiger partial charge < -0.3 is 4.74 Å². The molecule has 10 heavy (non-hydrogen) atoms. The van der Waals surface area contributed by atoms with Crippen molar-refractivity contribution in [2.24, 2.45) is 0 Å². The van der Waals surface area contributed by atoms with Gasteiger partial charge >= 0.3 is 0 Å². The first-order valence-electron chi connectivity index (χ1n) is 3.31. The number of rotatable bonds is 2. The normalized spacial score (nSPS) is 9.40. The lowest BCUT2D eigenvalue weighted by atomic mass is 10.4. The summed E-state index contributed by atoms with van der Waals surface area (Å²) in [4.78, 5) is 4.09. The van der Waals surface area contributed by atoms with Gasteiger partial charge in [-0.05, 0) is 26.0 Å². The second-order valence-corrected chi connectivity index (χ2v) is 1.97. The molecule has 0 spiro atoms. The Hall–Kier alpha value is -1.05. The molecule has 1 aromatic heterocycles. The number of aryl methyl sites for hydroxylation is 1. The smallest absolute Gasteiger partial charge is 0.221 e. The van der Waals surface area contributed by atoms with Crippen molar-refractivity contribution in [2.45, 2.75) is 13.8 Å². The lowest BCUT2D eigenvalue weighted by molar-refractivity contribution is 0.325. The van der Waals surface area contributed by atoms with Gasteiger partial charge in [0.1, 0.15) is 0 Å². The fourth-order valence-corrected chi connectivity index (χ4v) is 0.674. The minimum atomic E-state index is 0.586. The highest BCUT2D eigenvalue weighted by Crippen LogP contribution is 2.04.